The van der Waals surface area contributed by atoms with Gasteiger partial charge in [0.25, 0.3) is 20.2 Å². The molecule has 0 amide bonds. The van der Waals surface area contributed by atoms with Gasteiger partial charge >= 0.3 is 5.97 Å². The standard InChI is InChI=1S/C21H16N2O9S2.C2H6/c1-9-2-3-11-10(8-9)20(24)32-21(11)12-4-6-14(22)18(33(25,26)27)16(12)31-17-13(21)5-7-15(23)19(17)34(28,29)30;1-2/h2-8H,22-23H2,1H3,(H,25,26,27)(H,28,29,30);1-2H3. The molecule has 6 N–H and O–H groups in total. The summed E-state index contributed by atoms with van der Waals surface area (Å²) >= 11 is 0. The van der Waals surface area contributed by atoms with E-state index in [9.17, 15) is 30.7 Å². The summed E-state index contributed by atoms with van der Waals surface area (Å²) in [6, 6.07) is 9.85. The van der Waals surface area contributed by atoms with E-state index in [4.69, 9.17) is 20.9 Å². The molecular weight excluding hydrogens is 512 g/mol. The molecular formula is C23H22N2O9S2. The van der Waals surface area contributed by atoms with E-state index in [2.05, 4.69) is 0 Å². The van der Waals surface area contributed by atoms with Gasteiger partial charge in [0.1, 0.15) is 0 Å². The molecule has 0 radical (unpaired) electrons. The summed E-state index contributed by atoms with van der Waals surface area (Å²) in [6.45, 7) is 5.75. The number of nitrogen functional groups attached to an aromatic ring is 2. The zero-order valence-corrected chi connectivity index (χ0v) is 20.9. The summed E-state index contributed by atoms with van der Waals surface area (Å²) in [7, 11) is -10.0. The molecule has 0 aromatic heterocycles. The second-order valence-corrected chi connectivity index (χ2v) is 10.6. The number of esters is 1. The average molecular weight is 535 g/mol. The minimum Gasteiger partial charge on any atom is -0.453 e. The third kappa shape index (κ3) is 3.51. The van der Waals surface area contributed by atoms with Crippen molar-refractivity contribution in [3.8, 4) is 11.5 Å². The Kier molecular flexibility index (Phi) is 5.79. The van der Waals surface area contributed by atoms with Crippen molar-refractivity contribution in [3.05, 3.63) is 70.3 Å². The van der Waals surface area contributed by atoms with Crippen LogP contribution in [-0.4, -0.2) is 31.9 Å². The summed E-state index contributed by atoms with van der Waals surface area (Å²) in [5.41, 5.74) is 9.96. The number of nitrogens with two attached hydrogens (primary N) is 2. The van der Waals surface area contributed by atoms with Crippen molar-refractivity contribution in [1.82, 2.24) is 0 Å². The number of aryl methyl sites for hydroxylation is 1. The fourth-order valence-corrected chi connectivity index (χ4v) is 5.98. The van der Waals surface area contributed by atoms with E-state index in [1.165, 1.54) is 24.3 Å². The number of rotatable bonds is 2. The van der Waals surface area contributed by atoms with Crippen LogP contribution in [0.3, 0.4) is 0 Å². The van der Waals surface area contributed by atoms with Crippen molar-refractivity contribution in [3.63, 3.8) is 0 Å². The Bertz CT molecular complexity index is 1580. The second kappa shape index (κ2) is 8.20. The van der Waals surface area contributed by atoms with Gasteiger partial charge in [0.2, 0.25) is 0 Å². The summed E-state index contributed by atoms with van der Waals surface area (Å²) in [6.07, 6.45) is 0. The van der Waals surface area contributed by atoms with Crippen LogP contribution < -0.4 is 16.2 Å². The number of fused-ring (bicyclic) bond motifs is 6. The van der Waals surface area contributed by atoms with Gasteiger partial charge in [-0.15, -0.1) is 0 Å². The zero-order valence-electron chi connectivity index (χ0n) is 19.3. The molecule has 0 saturated carbocycles. The van der Waals surface area contributed by atoms with Crippen molar-refractivity contribution in [2.75, 3.05) is 11.5 Å². The van der Waals surface area contributed by atoms with E-state index in [0.29, 0.717) is 0 Å². The molecule has 3 aromatic carbocycles. The highest BCUT2D eigenvalue weighted by molar-refractivity contribution is 7.86. The van der Waals surface area contributed by atoms with E-state index in [1.54, 1.807) is 25.1 Å². The van der Waals surface area contributed by atoms with E-state index >= 15 is 0 Å². The monoisotopic (exact) mass is 534 g/mol. The highest BCUT2D eigenvalue weighted by atomic mass is 32.2. The Labute approximate surface area is 207 Å². The molecule has 5 rings (SSSR count). The van der Waals surface area contributed by atoms with Gasteiger partial charge in [0, 0.05) is 16.7 Å². The van der Waals surface area contributed by atoms with E-state index in [1.807, 2.05) is 13.8 Å². The van der Waals surface area contributed by atoms with Crippen LogP contribution in [0.25, 0.3) is 0 Å². The van der Waals surface area contributed by atoms with E-state index < -0.39 is 64.5 Å². The molecule has 0 aliphatic carbocycles. The molecule has 0 saturated heterocycles. The Morgan fingerprint density at radius 3 is 1.67 bits per heavy atom. The highest BCUT2D eigenvalue weighted by Crippen LogP contribution is 2.59. The van der Waals surface area contributed by atoms with Crippen LogP contribution in [0.1, 0.15) is 46.5 Å². The minimum atomic E-state index is -5.01. The lowest BCUT2D eigenvalue weighted by Gasteiger charge is -2.37. The molecule has 2 aliphatic heterocycles. The van der Waals surface area contributed by atoms with E-state index in [-0.39, 0.29) is 22.3 Å². The van der Waals surface area contributed by atoms with Gasteiger partial charge in [0.05, 0.1) is 16.9 Å². The van der Waals surface area contributed by atoms with E-state index in [0.717, 1.165) is 5.56 Å². The fourth-order valence-electron chi connectivity index (χ4n) is 4.48. The quantitative estimate of drug-likeness (QED) is 0.214. The predicted octanol–water partition coefficient (Wildman–Crippen LogP) is 3.25. The van der Waals surface area contributed by atoms with Crippen molar-refractivity contribution < 1.29 is 40.2 Å². The Morgan fingerprint density at radius 2 is 1.22 bits per heavy atom. The Hall–Kier alpha value is -3.65. The zero-order chi connectivity index (χ0) is 26.8. The maximum atomic E-state index is 13.0. The first-order valence-corrected chi connectivity index (χ1v) is 13.5. The molecule has 0 fully saturated rings. The molecule has 190 valence electrons. The van der Waals surface area contributed by atoms with Crippen LogP contribution in [0.4, 0.5) is 11.4 Å². The number of anilines is 2. The molecule has 0 unspecified atom stereocenters. The van der Waals surface area contributed by atoms with Gasteiger partial charge < -0.3 is 20.9 Å². The Balaban J connectivity index is 0.00000148. The van der Waals surface area contributed by atoms with Crippen LogP contribution >= 0.6 is 0 Å². The van der Waals surface area contributed by atoms with Crippen LogP contribution in [0, 0.1) is 6.92 Å². The largest absolute Gasteiger partial charge is 0.453 e. The number of benzene rings is 3. The molecule has 13 heteroatoms. The van der Waals surface area contributed by atoms with Gasteiger partial charge in [-0.05, 0) is 37.3 Å². The first-order valence-electron chi connectivity index (χ1n) is 10.6. The normalized spacial score (nSPS) is 15.1. The van der Waals surface area contributed by atoms with Gasteiger partial charge in [-0.2, -0.15) is 16.8 Å². The molecule has 3 aromatic rings. The maximum Gasteiger partial charge on any atom is 0.340 e. The number of hydrogen-bond donors (Lipinski definition) is 4. The van der Waals surface area contributed by atoms with Crippen LogP contribution in [0.15, 0.2) is 52.3 Å². The molecule has 36 heavy (non-hydrogen) atoms. The van der Waals surface area contributed by atoms with Crippen molar-refractivity contribution in [2.24, 2.45) is 0 Å². The van der Waals surface area contributed by atoms with Gasteiger partial charge in [-0.25, -0.2) is 4.79 Å². The number of hydrogen-bond acceptors (Lipinski definition) is 9. The number of ether oxygens (including phenoxy) is 2. The molecule has 0 atom stereocenters. The minimum absolute atomic E-state index is 0.0381. The summed E-state index contributed by atoms with van der Waals surface area (Å²) in [4.78, 5) is 11.2. The lowest BCUT2D eigenvalue weighted by molar-refractivity contribution is 0.0221. The molecule has 0 bridgehead atoms. The number of carbonyl (C=O) groups excluding carboxylic acids is 1. The van der Waals surface area contributed by atoms with Gasteiger partial charge in [-0.1, -0.05) is 31.5 Å². The summed E-state index contributed by atoms with van der Waals surface area (Å²) in [5.74, 6) is -1.92. The van der Waals surface area contributed by atoms with Gasteiger partial charge in [-0.3, -0.25) is 9.11 Å². The second-order valence-electron chi connectivity index (χ2n) is 7.89. The highest BCUT2D eigenvalue weighted by Gasteiger charge is 2.55. The van der Waals surface area contributed by atoms with Crippen LogP contribution in [0.2, 0.25) is 0 Å². The first-order chi connectivity index (χ1) is 16.8. The van der Waals surface area contributed by atoms with Crippen LogP contribution in [-0.2, 0) is 30.6 Å². The number of carbonyl (C=O) groups is 1. The van der Waals surface area contributed by atoms with Crippen molar-refractivity contribution >= 4 is 37.6 Å². The maximum absolute atomic E-state index is 13.0. The molecule has 2 heterocycles. The van der Waals surface area contributed by atoms with Crippen LogP contribution in [0.5, 0.6) is 11.5 Å². The summed E-state index contributed by atoms with van der Waals surface area (Å²) < 4.78 is 80.2. The molecule has 11 nitrogen and oxygen atoms in total. The lowest BCUT2D eigenvalue weighted by Crippen LogP contribution is -2.34. The molecule has 1 spiro atoms. The summed E-state index contributed by atoms with van der Waals surface area (Å²) in [5, 5.41) is 0. The van der Waals surface area contributed by atoms with Crippen molar-refractivity contribution in [2.45, 2.75) is 36.2 Å². The average Bonchev–Trinajstić information content (AvgIpc) is 3.05. The third-order valence-corrected chi connectivity index (χ3v) is 7.66. The van der Waals surface area contributed by atoms with Gasteiger partial charge in [0.15, 0.2) is 26.9 Å². The SMILES string of the molecule is CC.Cc1ccc2c(c1)C(=O)OC21c2ccc(N)c(S(=O)(=O)O)c2Oc2c1ccc(N)c2S(=O)(=O)O. The Morgan fingerprint density at radius 1 is 0.778 bits per heavy atom. The topological polar surface area (TPSA) is 196 Å². The predicted molar refractivity (Wildman–Crippen MR) is 129 cm³/mol. The fraction of sp³-hybridized carbons (Fsp3) is 0.174. The smallest absolute Gasteiger partial charge is 0.340 e. The molecule has 2 aliphatic rings. The van der Waals surface area contributed by atoms with Crippen molar-refractivity contribution in [1.29, 1.82) is 0 Å². The first kappa shape index (κ1) is 25.4. The lowest BCUT2D eigenvalue weighted by atomic mass is 9.77. The third-order valence-electron chi connectivity index (χ3n) is 5.78.